The number of hydrogen-bond acceptors (Lipinski definition) is 3. The SMILES string of the molecule is CCOc1ccc(C(=O)Nc2ccc(C(F)(F)F)cc2)cc1COc1ccc(C(C)(C)C)cc1. The summed E-state index contributed by atoms with van der Waals surface area (Å²) in [5, 5.41) is 2.62. The molecule has 3 rings (SSSR count). The maximum Gasteiger partial charge on any atom is 0.416 e. The Hall–Kier alpha value is -3.48. The second kappa shape index (κ2) is 10.2. The van der Waals surface area contributed by atoms with Gasteiger partial charge in [0.25, 0.3) is 5.91 Å². The molecule has 0 aliphatic heterocycles. The molecule has 7 heteroatoms. The van der Waals surface area contributed by atoms with Crippen LogP contribution in [0.2, 0.25) is 0 Å². The summed E-state index contributed by atoms with van der Waals surface area (Å²) < 4.78 is 49.8. The van der Waals surface area contributed by atoms with Gasteiger partial charge in [0.2, 0.25) is 0 Å². The summed E-state index contributed by atoms with van der Waals surface area (Å²) in [6, 6.07) is 17.1. The van der Waals surface area contributed by atoms with Gasteiger partial charge in [0, 0.05) is 16.8 Å². The van der Waals surface area contributed by atoms with Crippen molar-refractivity contribution in [2.24, 2.45) is 0 Å². The highest BCUT2D eigenvalue weighted by Gasteiger charge is 2.30. The van der Waals surface area contributed by atoms with Crippen LogP contribution in [0.3, 0.4) is 0 Å². The summed E-state index contributed by atoms with van der Waals surface area (Å²) in [4.78, 5) is 12.7. The number of amides is 1. The predicted octanol–water partition coefficient (Wildman–Crippen LogP) is 7.23. The highest BCUT2D eigenvalue weighted by molar-refractivity contribution is 6.04. The summed E-state index contributed by atoms with van der Waals surface area (Å²) in [6.07, 6.45) is -4.43. The minimum absolute atomic E-state index is 0.0371. The molecule has 0 aromatic heterocycles. The summed E-state index contributed by atoms with van der Waals surface area (Å²) in [7, 11) is 0. The molecule has 0 saturated heterocycles. The normalized spacial score (nSPS) is 11.7. The number of benzene rings is 3. The highest BCUT2D eigenvalue weighted by atomic mass is 19.4. The Labute approximate surface area is 197 Å². The predicted molar refractivity (Wildman–Crippen MR) is 126 cm³/mol. The first kappa shape index (κ1) is 25.1. The molecule has 0 radical (unpaired) electrons. The van der Waals surface area contributed by atoms with E-state index in [0.717, 1.165) is 12.1 Å². The summed E-state index contributed by atoms with van der Waals surface area (Å²) in [5.41, 5.74) is 1.74. The molecule has 3 aromatic rings. The summed E-state index contributed by atoms with van der Waals surface area (Å²) in [6.45, 7) is 8.91. The minimum atomic E-state index is -4.43. The van der Waals surface area contributed by atoms with E-state index in [1.165, 1.54) is 17.7 Å². The quantitative estimate of drug-likeness (QED) is 0.395. The first-order valence-corrected chi connectivity index (χ1v) is 10.9. The van der Waals surface area contributed by atoms with Crippen LogP contribution in [0.15, 0.2) is 66.7 Å². The molecule has 3 aromatic carbocycles. The number of hydrogen-bond donors (Lipinski definition) is 1. The zero-order valence-corrected chi connectivity index (χ0v) is 19.6. The van der Waals surface area contributed by atoms with Crippen LogP contribution in [0, 0.1) is 0 Å². The number of anilines is 1. The van der Waals surface area contributed by atoms with Crippen molar-refractivity contribution in [3.63, 3.8) is 0 Å². The number of carbonyl (C=O) groups excluding carboxylic acids is 1. The third-order valence-corrected chi connectivity index (χ3v) is 5.21. The Bertz CT molecular complexity index is 1120. The first-order chi connectivity index (χ1) is 16.0. The Morgan fingerprint density at radius 3 is 2.03 bits per heavy atom. The molecule has 0 heterocycles. The number of halogens is 3. The van der Waals surface area contributed by atoms with E-state index in [0.29, 0.717) is 29.2 Å². The number of nitrogens with one attached hydrogen (secondary N) is 1. The Morgan fingerprint density at radius 2 is 1.47 bits per heavy atom. The average Bonchev–Trinajstić information content (AvgIpc) is 2.78. The Morgan fingerprint density at radius 1 is 0.853 bits per heavy atom. The van der Waals surface area contributed by atoms with E-state index in [1.807, 2.05) is 31.2 Å². The van der Waals surface area contributed by atoms with Gasteiger partial charge in [-0.1, -0.05) is 32.9 Å². The second-order valence-electron chi connectivity index (χ2n) is 8.85. The van der Waals surface area contributed by atoms with Crippen LogP contribution in [0.25, 0.3) is 0 Å². The van der Waals surface area contributed by atoms with Crippen molar-refractivity contribution in [1.82, 2.24) is 0 Å². The van der Waals surface area contributed by atoms with Crippen LogP contribution < -0.4 is 14.8 Å². The maximum absolute atomic E-state index is 12.7. The summed E-state index contributed by atoms with van der Waals surface area (Å²) in [5.74, 6) is 0.841. The molecular formula is C27H28F3NO3. The van der Waals surface area contributed by atoms with Gasteiger partial charge < -0.3 is 14.8 Å². The van der Waals surface area contributed by atoms with Gasteiger partial charge in [0.15, 0.2) is 0 Å². The average molecular weight is 472 g/mol. The second-order valence-corrected chi connectivity index (χ2v) is 8.85. The molecule has 0 bridgehead atoms. The fourth-order valence-corrected chi connectivity index (χ4v) is 3.29. The molecule has 0 spiro atoms. The fraction of sp³-hybridized carbons (Fsp3) is 0.296. The lowest BCUT2D eigenvalue weighted by molar-refractivity contribution is -0.137. The third-order valence-electron chi connectivity index (χ3n) is 5.21. The van der Waals surface area contributed by atoms with Gasteiger partial charge in [-0.05, 0) is 72.5 Å². The monoisotopic (exact) mass is 471 g/mol. The van der Waals surface area contributed by atoms with Crippen molar-refractivity contribution in [3.05, 3.63) is 89.0 Å². The third kappa shape index (κ3) is 6.53. The van der Waals surface area contributed by atoms with Gasteiger partial charge in [0.05, 0.1) is 12.2 Å². The molecule has 180 valence electrons. The number of carbonyl (C=O) groups is 1. The fourth-order valence-electron chi connectivity index (χ4n) is 3.29. The molecule has 0 unspecified atom stereocenters. The largest absolute Gasteiger partial charge is 0.493 e. The van der Waals surface area contributed by atoms with E-state index in [-0.39, 0.29) is 17.7 Å². The lowest BCUT2D eigenvalue weighted by Gasteiger charge is -2.19. The van der Waals surface area contributed by atoms with Crippen LogP contribution in [0.5, 0.6) is 11.5 Å². The van der Waals surface area contributed by atoms with Crippen molar-refractivity contribution < 1.29 is 27.4 Å². The Kier molecular flexibility index (Phi) is 7.54. The van der Waals surface area contributed by atoms with E-state index < -0.39 is 17.6 Å². The van der Waals surface area contributed by atoms with Crippen LogP contribution >= 0.6 is 0 Å². The van der Waals surface area contributed by atoms with Gasteiger partial charge in [0.1, 0.15) is 18.1 Å². The van der Waals surface area contributed by atoms with Crippen LogP contribution in [-0.4, -0.2) is 12.5 Å². The van der Waals surface area contributed by atoms with Gasteiger partial charge in [-0.15, -0.1) is 0 Å². The molecule has 0 aliphatic carbocycles. The van der Waals surface area contributed by atoms with Crippen LogP contribution in [-0.2, 0) is 18.2 Å². The van der Waals surface area contributed by atoms with Gasteiger partial charge in [-0.3, -0.25) is 4.79 Å². The van der Waals surface area contributed by atoms with Crippen molar-refractivity contribution in [3.8, 4) is 11.5 Å². The topological polar surface area (TPSA) is 47.6 Å². The molecular weight excluding hydrogens is 443 g/mol. The minimum Gasteiger partial charge on any atom is -0.493 e. The van der Waals surface area contributed by atoms with E-state index in [1.54, 1.807) is 18.2 Å². The molecule has 0 aliphatic rings. The van der Waals surface area contributed by atoms with E-state index in [9.17, 15) is 18.0 Å². The van der Waals surface area contributed by atoms with Crippen molar-refractivity contribution >= 4 is 11.6 Å². The lowest BCUT2D eigenvalue weighted by atomic mass is 9.87. The zero-order chi connectivity index (χ0) is 24.9. The summed E-state index contributed by atoms with van der Waals surface area (Å²) >= 11 is 0. The molecule has 0 saturated carbocycles. The standard InChI is InChI=1S/C27H28F3NO3/c1-5-33-24-15-6-18(25(32)31-22-11-7-21(8-12-22)27(28,29)30)16-19(24)17-34-23-13-9-20(10-14-23)26(2,3)4/h6-16H,5,17H2,1-4H3,(H,31,32). The highest BCUT2D eigenvalue weighted by Crippen LogP contribution is 2.30. The molecule has 4 nitrogen and oxygen atoms in total. The van der Waals surface area contributed by atoms with Gasteiger partial charge in [-0.25, -0.2) is 0 Å². The Balaban J connectivity index is 1.74. The van der Waals surface area contributed by atoms with Crippen molar-refractivity contribution in [2.75, 3.05) is 11.9 Å². The zero-order valence-electron chi connectivity index (χ0n) is 19.6. The number of ether oxygens (including phenoxy) is 2. The molecule has 34 heavy (non-hydrogen) atoms. The lowest BCUT2D eigenvalue weighted by Crippen LogP contribution is -2.13. The van der Waals surface area contributed by atoms with E-state index in [2.05, 4.69) is 26.1 Å². The van der Waals surface area contributed by atoms with Crippen LogP contribution in [0.4, 0.5) is 18.9 Å². The molecule has 1 N–H and O–H groups in total. The smallest absolute Gasteiger partial charge is 0.416 e. The molecule has 1 amide bonds. The van der Waals surface area contributed by atoms with E-state index in [4.69, 9.17) is 9.47 Å². The maximum atomic E-state index is 12.7. The van der Waals surface area contributed by atoms with Gasteiger partial charge >= 0.3 is 6.18 Å². The van der Waals surface area contributed by atoms with E-state index >= 15 is 0 Å². The molecule has 0 atom stereocenters. The first-order valence-electron chi connectivity index (χ1n) is 10.9. The van der Waals surface area contributed by atoms with Gasteiger partial charge in [-0.2, -0.15) is 13.2 Å². The van der Waals surface area contributed by atoms with Crippen molar-refractivity contribution in [2.45, 2.75) is 45.9 Å². The van der Waals surface area contributed by atoms with Crippen LogP contribution in [0.1, 0.15) is 54.7 Å². The number of rotatable bonds is 7. The number of alkyl halides is 3. The molecule has 0 fully saturated rings. The van der Waals surface area contributed by atoms with Crippen molar-refractivity contribution in [1.29, 1.82) is 0 Å².